The Hall–Kier alpha value is -2.51. The number of thiophene rings is 1. The van der Waals surface area contributed by atoms with Gasteiger partial charge in [-0.3, -0.25) is 19.8 Å². The predicted octanol–water partition coefficient (Wildman–Crippen LogP) is 2.90. The Morgan fingerprint density at radius 1 is 1.25 bits per heavy atom. The third kappa shape index (κ3) is 3.08. The van der Waals surface area contributed by atoms with Crippen molar-refractivity contribution >= 4 is 52.2 Å². The number of aryl methyl sites for hydroxylation is 1. The van der Waals surface area contributed by atoms with E-state index in [4.69, 9.17) is 17.0 Å². The molecule has 2 aromatic rings. The molecule has 3 rings (SSSR count). The molecule has 1 saturated heterocycles. The zero-order valence-corrected chi connectivity index (χ0v) is 14.7. The molecule has 1 aliphatic rings. The van der Waals surface area contributed by atoms with E-state index in [9.17, 15) is 9.59 Å². The van der Waals surface area contributed by atoms with Crippen molar-refractivity contribution in [1.29, 1.82) is 0 Å². The van der Waals surface area contributed by atoms with E-state index >= 15 is 0 Å². The summed E-state index contributed by atoms with van der Waals surface area (Å²) >= 11 is 6.68. The van der Waals surface area contributed by atoms with E-state index in [2.05, 4.69) is 5.32 Å². The molecular formula is C17H14N2O3S2. The number of hydrogen-bond donors (Lipinski definition) is 1. The lowest BCUT2D eigenvalue weighted by Gasteiger charge is -2.29. The quantitative estimate of drug-likeness (QED) is 0.521. The lowest BCUT2D eigenvalue weighted by molar-refractivity contribution is -0.122. The van der Waals surface area contributed by atoms with E-state index in [-0.39, 0.29) is 10.7 Å². The number of methoxy groups -OCH3 is 1. The Kier molecular flexibility index (Phi) is 4.46. The SMILES string of the molecule is COc1cccc(N2C(=O)/C(=C\c3ccc(C)s3)C(=O)NC2=S)c1. The number of ether oxygens (including phenoxy) is 1. The molecule has 0 saturated carbocycles. The monoisotopic (exact) mass is 358 g/mol. The number of carbonyl (C=O) groups excluding carboxylic acids is 2. The van der Waals surface area contributed by atoms with Crippen molar-refractivity contribution in [2.75, 3.05) is 12.0 Å². The van der Waals surface area contributed by atoms with E-state index < -0.39 is 11.8 Å². The number of hydrogen-bond acceptors (Lipinski definition) is 5. The molecule has 1 aliphatic heterocycles. The standard InChI is InChI=1S/C17H14N2O3S2/c1-10-6-7-13(24-10)9-14-15(20)18-17(23)19(16(14)21)11-4-3-5-12(8-11)22-2/h3-9H,1-2H3,(H,18,20,23)/b14-9-. The molecule has 5 nitrogen and oxygen atoms in total. The van der Waals surface area contributed by atoms with Crippen molar-refractivity contribution in [2.24, 2.45) is 0 Å². The van der Waals surface area contributed by atoms with Gasteiger partial charge in [-0.2, -0.15) is 0 Å². The molecule has 0 atom stereocenters. The van der Waals surface area contributed by atoms with Crippen LogP contribution in [0.15, 0.2) is 42.0 Å². The lowest BCUT2D eigenvalue weighted by atomic mass is 10.1. The summed E-state index contributed by atoms with van der Waals surface area (Å²) in [5.74, 6) is -0.349. The van der Waals surface area contributed by atoms with Gasteiger partial charge in [0.1, 0.15) is 11.3 Å². The second kappa shape index (κ2) is 6.54. The highest BCUT2D eigenvalue weighted by atomic mass is 32.1. The number of benzene rings is 1. The highest BCUT2D eigenvalue weighted by Crippen LogP contribution is 2.26. The molecular weight excluding hydrogens is 344 g/mol. The summed E-state index contributed by atoms with van der Waals surface area (Å²) in [6.07, 6.45) is 1.59. The Morgan fingerprint density at radius 3 is 2.71 bits per heavy atom. The number of rotatable bonds is 3. The van der Waals surface area contributed by atoms with Gasteiger partial charge in [-0.1, -0.05) is 6.07 Å². The smallest absolute Gasteiger partial charge is 0.270 e. The van der Waals surface area contributed by atoms with E-state index in [1.807, 2.05) is 19.1 Å². The molecule has 1 N–H and O–H groups in total. The van der Waals surface area contributed by atoms with Gasteiger partial charge in [0.25, 0.3) is 11.8 Å². The van der Waals surface area contributed by atoms with Crippen molar-refractivity contribution in [3.63, 3.8) is 0 Å². The van der Waals surface area contributed by atoms with Crippen LogP contribution in [0.1, 0.15) is 9.75 Å². The topological polar surface area (TPSA) is 58.6 Å². The van der Waals surface area contributed by atoms with Crippen LogP contribution in [0.4, 0.5) is 5.69 Å². The highest BCUT2D eigenvalue weighted by Gasteiger charge is 2.34. The van der Waals surface area contributed by atoms with Gasteiger partial charge in [0.05, 0.1) is 12.8 Å². The van der Waals surface area contributed by atoms with E-state index in [1.165, 1.54) is 16.2 Å². The fraction of sp³-hybridized carbons (Fsp3) is 0.118. The fourth-order valence-corrected chi connectivity index (χ4v) is 3.42. The first-order valence-corrected chi connectivity index (χ1v) is 8.34. The van der Waals surface area contributed by atoms with Crippen LogP contribution in [0.3, 0.4) is 0 Å². The van der Waals surface area contributed by atoms with Crippen LogP contribution in [-0.2, 0) is 9.59 Å². The Bertz CT molecular complexity index is 870. The zero-order chi connectivity index (χ0) is 17.3. The third-order valence-electron chi connectivity index (χ3n) is 3.46. The van der Waals surface area contributed by atoms with Crippen molar-refractivity contribution in [3.05, 3.63) is 51.7 Å². The second-order valence-electron chi connectivity index (χ2n) is 5.11. The number of nitrogens with zero attached hydrogens (tertiary/aromatic N) is 1. The molecule has 0 bridgehead atoms. The van der Waals surface area contributed by atoms with Crippen LogP contribution in [0.25, 0.3) is 6.08 Å². The number of amides is 2. The summed E-state index contributed by atoms with van der Waals surface area (Å²) in [6, 6.07) is 10.8. The molecule has 24 heavy (non-hydrogen) atoms. The zero-order valence-electron chi connectivity index (χ0n) is 13.0. The number of nitrogens with one attached hydrogen (secondary N) is 1. The van der Waals surface area contributed by atoms with Crippen LogP contribution in [-0.4, -0.2) is 24.0 Å². The Morgan fingerprint density at radius 2 is 2.04 bits per heavy atom. The maximum Gasteiger partial charge on any atom is 0.270 e. The highest BCUT2D eigenvalue weighted by molar-refractivity contribution is 7.80. The first-order chi connectivity index (χ1) is 11.5. The average Bonchev–Trinajstić information content (AvgIpc) is 2.96. The van der Waals surface area contributed by atoms with Gasteiger partial charge in [0, 0.05) is 15.8 Å². The molecule has 1 fully saturated rings. The molecule has 7 heteroatoms. The van der Waals surface area contributed by atoms with Crippen LogP contribution in [0.5, 0.6) is 5.75 Å². The molecule has 0 radical (unpaired) electrons. The van der Waals surface area contributed by atoms with Gasteiger partial charge in [-0.15, -0.1) is 11.3 Å². The summed E-state index contributed by atoms with van der Waals surface area (Å²) in [4.78, 5) is 28.3. The van der Waals surface area contributed by atoms with Crippen LogP contribution in [0.2, 0.25) is 0 Å². The minimum atomic E-state index is -0.491. The number of carbonyl (C=O) groups is 2. The second-order valence-corrected chi connectivity index (χ2v) is 6.81. The number of anilines is 1. The Balaban J connectivity index is 2.01. The molecule has 122 valence electrons. The van der Waals surface area contributed by atoms with Crippen LogP contribution < -0.4 is 15.0 Å². The number of thiocarbonyl (C=S) groups is 1. The summed E-state index contributed by atoms with van der Waals surface area (Å²) in [5, 5.41) is 2.62. The molecule has 0 unspecified atom stereocenters. The molecule has 0 spiro atoms. The molecule has 1 aromatic heterocycles. The van der Waals surface area contributed by atoms with Gasteiger partial charge >= 0.3 is 0 Å². The summed E-state index contributed by atoms with van der Waals surface area (Å²) < 4.78 is 5.18. The Labute approximate surface area is 148 Å². The third-order valence-corrected chi connectivity index (χ3v) is 4.69. The molecule has 2 amide bonds. The fourth-order valence-electron chi connectivity index (χ4n) is 2.31. The summed E-state index contributed by atoms with van der Waals surface area (Å²) in [7, 11) is 1.54. The molecule has 0 aliphatic carbocycles. The van der Waals surface area contributed by atoms with E-state index in [0.29, 0.717) is 11.4 Å². The van der Waals surface area contributed by atoms with Gasteiger partial charge < -0.3 is 4.74 Å². The normalized spacial score (nSPS) is 16.5. The predicted molar refractivity (Wildman–Crippen MR) is 98.3 cm³/mol. The van der Waals surface area contributed by atoms with Crippen molar-refractivity contribution in [1.82, 2.24) is 5.32 Å². The maximum atomic E-state index is 12.8. The van der Waals surface area contributed by atoms with Gasteiger partial charge in [-0.25, -0.2) is 0 Å². The molecule has 1 aromatic carbocycles. The first kappa shape index (κ1) is 16.4. The maximum absolute atomic E-state index is 12.8. The van der Waals surface area contributed by atoms with Crippen LogP contribution in [0, 0.1) is 6.92 Å². The largest absolute Gasteiger partial charge is 0.497 e. The van der Waals surface area contributed by atoms with Crippen molar-refractivity contribution in [3.8, 4) is 5.75 Å². The van der Waals surface area contributed by atoms with Crippen molar-refractivity contribution in [2.45, 2.75) is 6.92 Å². The lowest BCUT2D eigenvalue weighted by Crippen LogP contribution is -2.54. The van der Waals surface area contributed by atoms with Crippen molar-refractivity contribution < 1.29 is 14.3 Å². The van der Waals surface area contributed by atoms with Gasteiger partial charge in [0.15, 0.2) is 5.11 Å². The van der Waals surface area contributed by atoms with E-state index in [0.717, 1.165) is 9.75 Å². The average molecular weight is 358 g/mol. The van der Waals surface area contributed by atoms with Gasteiger partial charge in [-0.05, 0) is 49.5 Å². The molecule has 2 heterocycles. The first-order valence-electron chi connectivity index (χ1n) is 7.11. The van der Waals surface area contributed by atoms with Gasteiger partial charge in [0.2, 0.25) is 0 Å². The van der Waals surface area contributed by atoms with E-state index in [1.54, 1.807) is 37.5 Å². The summed E-state index contributed by atoms with van der Waals surface area (Å²) in [6.45, 7) is 1.97. The minimum Gasteiger partial charge on any atom is -0.497 e. The van der Waals surface area contributed by atoms with Crippen LogP contribution >= 0.6 is 23.6 Å². The summed E-state index contributed by atoms with van der Waals surface area (Å²) in [5.41, 5.74) is 0.589. The minimum absolute atomic E-state index is 0.0493.